The number of rotatable bonds is 2. The van der Waals surface area contributed by atoms with Crippen LogP contribution in [0.4, 0.5) is 5.69 Å². The first-order valence-electron chi connectivity index (χ1n) is 6.62. The van der Waals surface area contributed by atoms with E-state index in [0.29, 0.717) is 5.92 Å². The second-order valence-corrected chi connectivity index (χ2v) is 5.85. The number of hydrogen-bond acceptors (Lipinski definition) is 2. The van der Waals surface area contributed by atoms with Crippen LogP contribution in [0.1, 0.15) is 45.1 Å². The molecule has 94 valence electrons. The summed E-state index contributed by atoms with van der Waals surface area (Å²) in [6.07, 6.45) is 2.17. The third-order valence-corrected chi connectivity index (χ3v) is 3.81. The van der Waals surface area contributed by atoms with Crippen LogP contribution in [-0.2, 0) is 0 Å². The van der Waals surface area contributed by atoms with E-state index in [4.69, 9.17) is 5.73 Å². The molecule has 0 unspecified atom stereocenters. The molecule has 1 aromatic carbocycles. The fourth-order valence-corrected chi connectivity index (χ4v) is 2.52. The molecule has 0 saturated carbocycles. The Bertz CT molecular complexity index is 372. The van der Waals surface area contributed by atoms with Gasteiger partial charge in [0.15, 0.2) is 0 Å². The van der Waals surface area contributed by atoms with Crippen molar-refractivity contribution in [2.45, 2.75) is 45.1 Å². The molecule has 2 N–H and O–H groups in total. The van der Waals surface area contributed by atoms with Crippen molar-refractivity contribution in [3.8, 4) is 0 Å². The third-order valence-electron chi connectivity index (χ3n) is 3.81. The monoisotopic (exact) mass is 232 g/mol. The number of benzene rings is 1. The van der Waals surface area contributed by atoms with Gasteiger partial charge in [0.2, 0.25) is 0 Å². The molecule has 0 bridgehead atoms. The summed E-state index contributed by atoms with van der Waals surface area (Å²) >= 11 is 0. The first-order valence-corrected chi connectivity index (χ1v) is 6.62. The lowest BCUT2D eigenvalue weighted by atomic mass is 9.90. The molecule has 1 fully saturated rings. The van der Waals surface area contributed by atoms with Crippen molar-refractivity contribution < 1.29 is 0 Å². The van der Waals surface area contributed by atoms with Crippen LogP contribution in [0.25, 0.3) is 0 Å². The molecule has 1 aliphatic heterocycles. The topological polar surface area (TPSA) is 29.3 Å². The first-order chi connectivity index (χ1) is 7.99. The van der Waals surface area contributed by atoms with E-state index >= 15 is 0 Å². The highest BCUT2D eigenvalue weighted by Crippen LogP contribution is 2.30. The number of piperidine rings is 1. The lowest BCUT2D eigenvalue weighted by molar-refractivity contribution is 0.364. The van der Waals surface area contributed by atoms with Gasteiger partial charge in [-0.15, -0.1) is 0 Å². The summed E-state index contributed by atoms with van der Waals surface area (Å²) in [5.74, 6) is 0.581. The fourth-order valence-electron chi connectivity index (χ4n) is 2.52. The predicted octanol–water partition coefficient (Wildman–Crippen LogP) is 3.13. The average molecular weight is 232 g/mol. The standard InChI is InChI=1S/C15H24N2/c1-12(2)13-6-4-5-7-14(13)17-10-8-15(3,16)9-11-17/h4-7,12H,8-11,16H2,1-3H3. The molecule has 1 aromatic rings. The molecular weight excluding hydrogens is 208 g/mol. The van der Waals surface area contributed by atoms with Crippen LogP contribution in [-0.4, -0.2) is 18.6 Å². The molecule has 17 heavy (non-hydrogen) atoms. The molecule has 2 heteroatoms. The van der Waals surface area contributed by atoms with Crippen LogP contribution in [0.3, 0.4) is 0 Å². The number of anilines is 1. The van der Waals surface area contributed by atoms with Gasteiger partial charge in [-0.25, -0.2) is 0 Å². The van der Waals surface area contributed by atoms with Gasteiger partial charge in [-0.1, -0.05) is 32.0 Å². The van der Waals surface area contributed by atoms with Crippen molar-refractivity contribution in [3.63, 3.8) is 0 Å². The van der Waals surface area contributed by atoms with E-state index < -0.39 is 0 Å². The van der Waals surface area contributed by atoms with Gasteiger partial charge < -0.3 is 10.6 Å². The van der Waals surface area contributed by atoms with Crippen molar-refractivity contribution in [1.82, 2.24) is 0 Å². The van der Waals surface area contributed by atoms with E-state index in [2.05, 4.69) is 49.9 Å². The summed E-state index contributed by atoms with van der Waals surface area (Å²) < 4.78 is 0. The van der Waals surface area contributed by atoms with E-state index in [-0.39, 0.29) is 5.54 Å². The van der Waals surface area contributed by atoms with Gasteiger partial charge in [0.25, 0.3) is 0 Å². The van der Waals surface area contributed by atoms with E-state index in [1.807, 2.05) is 0 Å². The highest BCUT2D eigenvalue weighted by molar-refractivity contribution is 5.55. The Kier molecular flexibility index (Phi) is 3.43. The zero-order chi connectivity index (χ0) is 12.5. The summed E-state index contributed by atoms with van der Waals surface area (Å²) in [6.45, 7) is 8.85. The van der Waals surface area contributed by atoms with Gasteiger partial charge in [0.1, 0.15) is 0 Å². The van der Waals surface area contributed by atoms with Gasteiger partial charge in [-0.3, -0.25) is 0 Å². The van der Waals surface area contributed by atoms with Crippen LogP contribution >= 0.6 is 0 Å². The molecule has 1 heterocycles. The van der Waals surface area contributed by atoms with Crippen molar-refractivity contribution in [2.24, 2.45) is 5.73 Å². The van der Waals surface area contributed by atoms with Gasteiger partial charge in [-0.2, -0.15) is 0 Å². The van der Waals surface area contributed by atoms with Crippen LogP contribution < -0.4 is 10.6 Å². The minimum absolute atomic E-state index is 0.0310. The summed E-state index contributed by atoms with van der Waals surface area (Å²) in [7, 11) is 0. The number of para-hydroxylation sites is 1. The minimum atomic E-state index is 0.0310. The second-order valence-electron chi connectivity index (χ2n) is 5.85. The Morgan fingerprint density at radius 2 is 1.76 bits per heavy atom. The van der Waals surface area contributed by atoms with Gasteiger partial charge in [-0.05, 0) is 37.3 Å². The van der Waals surface area contributed by atoms with Gasteiger partial charge in [0.05, 0.1) is 0 Å². The largest absolute Gasteiger partial charge is 0.371 e. The van der Waals surface area contributed by atoms with E-state index in [1.54, 1.807) is 0 Å². The average Bonchev–Trinajstić information content (AvgIpc) is 2.29. The lowest BCUT2D eigenvalue weighted by Crippen LogP contribution is -2.48. The second kappa shape index (κ2) is 4.69. The molecule has 0 spiro atoms. The van der Waals surface area contributed by atoms with Crippen molar-refractivity contribution in [2.75, 3.05) is 18.0 Å². The molecule has 0 atom stereocenters. The first kappa shape index (κ1) is 12.4. The molecule has 0 aromatic heterocycles. The zero-order valence-electron chi connectivity index (χ0n) is 11.2. The van der Waals surface area contributed by atoms with Crippen molar-refractivity contribution in [3.05, 3.63) is 29.8 Å². The SMILES string of the molecule is CC(C)c1ccccc1N1CCC(C)(N)CC1. The molecule has 0 radical (unpaired) electrons. The maximum Gasteiger partial charge on any atom is 0.0401 e. The predicted molar refractivity (Wildman–Crippen MR) is 74.6 cm³/mol. The van der Waals surface area contributed by atoms with Crippen LogP contribution in [0.2, 0.25) is 0 Å². The van der Waals surface area contributed by atoms with E-state index in [1.165, 1.54) is 11.3 Å². The highest BCUT2D eigenvalue weighted by atomic mass is 15.1. The molecule has 2 nitrogen and oxygen atoms in total. The Balaban J connectivity index is 2.18. The summed E-state index contributed by atoms with van der Waals surface area (Å²) in [6, 6.07) is 8.76. The normalized spacial score (nSPS) is 19.7. The zero-order valence-corrected chi connectivity index (χ0v) is 11.2. The Hall–Kier alpha value is -1.02. The van der Waals surface area contributed by atoms with Crippen LogP contribution in [0, 0.1) is 0 Å². The number of nitrogens with two attached hydrogens (primary N) is 1. The number of nitrogens with zero attached hydrogens (tertiary/aromatic N) is 1. The van der Waals surface area contributed by atoms with Gasteiger partial charge >= 0.3 is 0 Å². The molecule has 0 aliphatic carbocycles. The van der Waals surface area contributed by atoms with Crippen LogP contribution in [0.15, 0.2) is 24.3 Å². The Labute approximate surface area is 105 Å². The molecule has 1 saturated heterocycles. The fraction of sp³-hybridized carbons (Fsp3) is 0.600. The molecule has 0 amide bonds. The van der Waals surface area contributed by atoms with E-state index in [0.717, 1.165) is 25.9 Å². The summed E-state index contributed by atoms with van der Waals surface area (Å²) in [5.41, 5.74) is 9.07. The quantitative estimate of drug-likeness (QED) is 0.849. The Morgan fingerprint density at radius 3 is 2.35 bits per heavy atom. The van der Waals surface area contributed by atoms with E-state index in [9.17, 15) is 0 Å². The molecule has 1 aliphatic rings. The minimum Gasteiger partial charge on any atom is -0.371 e. The maximum atomic E-state index is 6.19. The Morgan fingerprint density at radius 1 is 1.18 bits per heavy atom. The number of hydrogen-bond donors (Lipinski definition) is 1. The third kappa shape index (κ3) is 2.81. The summed E-state index contributed by atoms with van der Waals surface area (Å²) in [5, 5.41) is 0. The smallest absolute Gasteiger partial charge is 0.0401 e. The molecular formula is C15H24N2. The van der Waals surface area contributed by atoms with Crippen molar-refractivity contribution >= 4 is 5.69 Å². The van der Waals surface area contributed by atoms with Gasteiger partial charge in [0, 0.05) is 24.3 Å². The van der Waals surface area contributed by atoms with Crippen LogP contribution in [0.5, 0.6) is 0 Å². The lowest BCUT2D eigenvalue weighted by Gasteiger charge is -2.39. The van der Waals surface area contributed by atoms with Crippen molar-refractivity contribution in [1.29, 1.82) is 0 Å². The maximum absolute atomic E-state index is 6.19. The molecule has 2 rings (SSSR count). The highest BCUT2D eigenvalue weighted by Gasteiger charge is 2.26. The summed E-state index contributed by atoms with van der Waals surface area (Å²) in [4.78, 5) is 2.49.